The van der Waals surface area contributed by atoms with Crippen molar-refractivity contribution in [2.24, 2.45) is 5.73 Å². The van der Waals surface area contributed by atoms with Crippen molar-refractivity contribution in [3.8, 4) is 11.5 Å². The average Bonchev–Trinajstić information content (AvgIpc) is 2.36. The molecule has 0 saturated carbocycles. The van der Waals surface area contributed by atoms with E-state index in [2.05, 4.69) is 0 Å². The highest BCUT2D eigenvalue weighted by Crippen LogP contribution is 2.28. The van der Waals surface area contributed by atoms with Gasteiger partial charge < -0.3 is 20.3 Å². The number of halogens is 1. The van der Waals surface area contributed by atoms with Crippen molar-refractivity contribution in [2.75, 3.05) is 20.3 Å². The molecule has 0 saturated heterocycles. The van der Waals surface area contributed by atoms with Crippen LogP contribution in [0.4, 0.5) is 0 Å². The zero-order chi connectivity index (χ0) is 12.7. The van der Waals surface area contributed by atoms with Crippen LogP contribution in [0.3, 0.4) is 0 Å². The Morgan fingerprint density at radius 1 is 1.33 bits per heavy atom. The molecular formula is C13H22ClNO3. The van der Waals surface area contributed by atoms with Gasteiger partial charge in [0.2, 0.25) is 0 Å². The van der Waals surface area contributed by atoms with E-state index in [1.807, 2.05) is 25.1 Å². The molecule has 0 aliphatic rings. The van der Waals surface area contributed by atoms with Gasteiger partial charge in [-0.25, -0.2) is 0 Å². The first-order valence-corrected chi connectivity index (χ1v) is 5.89. The van der Waals surface area contributed by atoms with E-state index in [0.29, 0.717) is 19.6 Å². The van der Waals surface area contributed by atoms with Crippen molar-refractivity contribution < 1.29 is 14.6 Å². The predicted octanol–water partition coefficient (Wildman–Crippen LogP) is 1.77. The van der Waals surface area contributed by atoms with Crippen LogP contribution in [-0.2, 0) is 6.42 Å². The molecule has 0 heterocycles. The number of hydrogen-bond acceptors (Lipinski definition) is 4. The molecule has 18 heavy (non-hydrogen) atoms. The molecule has 0 aliphatic heterocycles. The van der Waals surface area contributed by atoms with Crippen LogP contribution < -0.4 is 15.2 Å². The zero-order valence-electron chi connectivity index (χ0n) is 10.9. The van der Waals surface area contributed by atoms with Crippen LogP contribution in [0.2, 0.25) is 0 Å². The number of aliphatic hydroxyl groups excluding tert-OH is 1. The van der Waals surface area contributed by atoms with E-state index >= 15 is 0 Å². The maximum Gasteiger partial charge on any atom is 0.161 e. The molecule has 0 fully saturated rings. The summed E-state index contributed by atoms with van der Waals surface area (Å²) in [6.45, 7) is 2.84. The van der Waals surface area contributed by atoms with Gasteiger partial charge in [0.25, 0.3) is 0 Å². The zero-order valence-corrected chi connectivity index (χ0v) is 11.7. The normalized spacial score (nSPS) is 11.6. The topological polar surface area (TPSA) is 64.7 Å². The largest absolute Gasteiger partial charge is 0.493 e. The van der Waals surface area contributed by atoms with Gasteiger partial charge in [-0.1, -0.05) is 6.07 Å². The standard InChI is InChI=1S/C13H21NO3.ClH/c1-3-17-13-8-10(4-6-11(15)9-14)5-7-12(13)16-2;/h5,7-8,11,15H,3-4,6,9,14H2,1-2H3;1H. The number of aliphatic hydroxyl groups is 1. The van der Waals surface area contributed by atoms with E-state index in [1.54, 1.807) is 7.11 Å². The van der Waals surface area contributed by atoms with Crippen molar-refractivity contribution in [3.63, 3.8) is 0 Å². The fraction of sp³-hybridized carbons (Fsp3) is 0.538. The molecule has 1 aromatic carbocycles. The van der Waals surface area contributed by atoms with Gasteiger partial charge >= 0.3 is 0 Å². The fourth-order valence-corrected chi connectivity index (χ4v) is 1.60. The number of ether oxygens (including phenoxy) is 2. The highest BCUT2D eigenvalue weighted by Gasteiger charge is 2.07. The van der Waals surface area contributed by atoms with Gasteiger partial charge in [-0.05, 0) is 37.5 Å². The van der Waals surface area contributed by atoms with Gasteiger partial charge in [0.1, 0.15) is 0 Å². The van der Waals surface area contributed by atoms with Gasteiger partial charge in [0.05, 0.1) is 19.8 Å². The Labute approximate surface area is 115 Å². The van der Waals surface area contributed by atoms with E-state index in [1.165, 1.54) is 0 Å². The van der Waals surface area contributed by atoms with Crippen LogP contribution >= 0.6 is 12.4 Å². The molecule has 104 valence electrons. The summed E-state index contributed by atoms with van der Waals surface area (Å²) in [6.07, 6.45) is 1.00. The predicted molar refractivity (Wildman–Crippen MR) is 74.8 cm³/mol. The first kappa shape index (κ1) is 17.0. The molecule has 0 radical (unpaired) electrons. The van der Waals surface area contributed by atoms with Crippen molar-refractivity contribution in [2.45, 2.75) is 25.9 Å². The van der Waals surface area contributed by atoms with Crippen molar-refractivity contribution in [3.05, 3.63) is 23.8 Å². The molecule has 3 N–H and O–H groups in total. The Morgan fingerprint density at radius 3 is 2.61 bits per heavy atom. The maximum absolute atomic E-state index is 9.41. The van der Waals surface area contributed by atoms with Gasteiger partial charge in [-0.3, -0.25) is 0 Å². The number of benzene rings is 1. The number of methoxy groups -OCH3 is 1. The van der Waals surface area contributed by atoms with E-state index in [9.17, 15) is 5.11 Å². The molecule has 1 aromatic rings. The van der Waals surface area contributed by atoms with Crippen LogP contribution in [0, 0.1) is 0 Å². The number of rotatable bonds is 7. The summed E-state index contributed by atoms with van der Waals surface area (Å²) in [4.78, 5) is 0. The summed E-state index contributed by atoms with van der Waals surface area (Å²) >= 11 is 0. The Kier molecular flexibility index (Phi) is 8.54. The maximum atomic E-state index is 9.41. The molecule has 0 spiro atoms. The molecule has 0 bridgehead atoms. The molecule has 1 rings (SSSR count). The van der Waals surface area contributed by atoms with Gasteiger partial charge in [-0.15, -0.1) is 12.4 Å². The van der Waals surface area contributed by atoms with Crippen LogP contribution in [0.25, 0.3) is 0 Å². The van der Waals surface area contributed by atoms with Crippen LogP contribution in [0.15, 0.2) is 18.2 Å². The minimum atomic E-state index is -0.437. The minimum Gasteiger partial charge on any atom is -0.493 e. The summed E-state index contributed by atoms with van der Waals surface area (Å²) in [7, 11) is 1.62. The van der Waals surface area contributed by atoms with E-state index in [0.717, 1.165) is 23.5 Å². The summed E-state index contributed by atoms with van der Waals surface area (Å²) in [5.74, 6) is 1.48. The smallest absolute Gasteiger partial charge is 0.161 e. The van der Waals surface area contributed by atoms with Crippen molar-refractivity contribution >= 4 is 12.4 Å². The molecule has 0 amide bonds. The molecule has 1 atom stereocenters. The molecule has 1 unspecified atom stereocenters. The third-order valence-electron chi connectivity index (χ3n) is 2.57. The second-order valence-electron chi connectivity index (χ2n) is 3.85. The van der Waals surface area contributed by atoms with Crippen molar-refractivity contribution in [1.82, 2.24) is 0 Å². The monoisotopic (exact) mass is 275 g/mol. The number of hydrogen-bond donors (Lipinski definition) is 2. The van der Waals surface area contributed by atoms with E-state index in [4.69, 9.17) is 15.2 Å². The third kappa shape index (κ3) is 5.12. The summed E-state index contributed by atoms with van der Waals surface area (Å²) in [6, 6.07) is 5.81. The second kappa shape index (κ2) is 9.03. The second-order valence-corrected chi connectivity index (χ2v) is 3.85. The molecule has 4 nitrogen and oxygen atoms in total. The summed E-state index contributed by atoms with van der Waals surface area (Å²) < 4.78 is 10.7. The van der Waals surface area contributed by atoms with Crippen LogP contribution in [0.5, 0.6) is 11.5 Å². The highest BCUT2D eigenvalue weighted by atomic mass is 35.5. The van der Waals surface area contributed by atoms with E-state index < -0.39 is 6.10 Å². The summed E-state index contributed by atoms with van der Waals surface area (Å²) in [5.41, 5.74) is 6.48. The first-order valence-electron chi connectivity index (χ1n) is 5.89. The molecule has 5 heteroatoms. The van der Waals surface area contributed by atoms with Gasteiger partial charge in [-0.2, -0.15) is 0 Å². The Bertz CT molecular complexity index is 347. The number of aryl methyl sites for hydroxylation is 1. The lowest BCUT2D eigenvalue weighted by Gasteiger charge is -2.12. The third-order valence-corrected chi connectivity index (χ3v) is 2.57. The van der Waals surface area contributed by atoms with E-state index in [-0.39, 0.29) is 12.4 Å². The SMILES string of the molecule is CCOc1cc(CCC(O)CN)ccc1OC.Cl. The molecule has 0 aromatic heterocycles. The Hall–Kier alpha value is -0.970. The minimum absolute atomic E-state index is 0. The Morgan fingerprint density at radius 2 is 2.06 bits per heavy atom. The van der Waals surface area contributed by atoms with Crippen LogP contribution in [0.1, 0.15) is 18.9 Å². The fourth-order valence-electron chi connectivity index (χ4n) is 1.60. The lowest BCUT2D eigenvalue weighted by Crippen LogP contribution is -2.20. The van der Waals surface area contributed by atoms with Gasteiger partial charge in [0, 0.05) is 6.54 Å². The Balaban J connectivity index is 0.00000289. The molecule has 0 aliphatic carbocycles. The quantitative estimate of drug-likeness (QED) is 0.796. The van der Waals surface area contributed by atoms with Crippen LogP contribution in [-0.4, -0.2) is 31.5 Å². The summed E-state index contributed by atoms with van der Waals surface area (Å²) in [5, 5.41) is 9.41. The highest BCUT2D eigenvalue weighted by molar-refractivity contribution is 5.85. The lowest BCUT2D eigenvalue weighted by molar-refractivity contribution is 0.173. The number of nitrogens with two attached hydrogens (primary N) is 1. The van der Waals surface area contributed by atoms with Crippen molar-refractivity contribution in [1.29, 1.82) is 0 Å². The first-order chi connectivity index (χ1) is 8.21. The van der Waals surface area contributed by atoms with Gasteiger partial charge in [0.15, 0.2) is 11.5 Å². The average molecular weight is 276 g/mol. The lowest BCUT2D eigenvalue weighted by atomic mass is 10.1. The molecular weight excluding hydrogens is 254 g/mol.